The number of nitrogens with zero attached hydrogens (tertiary/aromatic N) is 1. The maximum atomic E-state index is 12.3. The lowest BCUT2D eigenvalue weighted by atomic mass is 9.88. The van der Waals surface area contributed by atoms with Crippen molar-refractivity contribution in [1.29, 1.82) is 0 Å². The molecule has 5 heteroatoms. The van der Waals surface area contributed by atoms with Gasteiger partial charge in [-0.3, -0.25) is 19.7 Å². The van der Waals surface area contributed by atoms with Crippen LogP contribution in [-0.2, 0) is 9.59 Å². The maximum absolute atomic E-state index is 12.3. The molecule has 1 aromatic carbocycles. The molecule has 1 heterocycles. The van der Waals surface area contributed by atoms with E-state index in [4.69, 9.17) is 0 Å². The van der Waals surface area contributed by atoms with Gasteiger partial charge >= 0.3 is 0 Å². The summed E-state index contributed by atoms with van der Waals surface area (Å²) in [6.07, 6.45) is 5.52. The third-order valence-electron chi connectivity index (χ3n) is 4.50. The van der Waals surface area contributed by atoms with Crippen molar-refractivity contribution in [2.24, 2.45) is 5.92 Å². The van der Waals surface area contributed by atoms with E-state index in [1.807, 2.05) is 31.2 Å². The van der Waals surface area contributed by atoms with Gasteiger partial charge in [0.1, 0.15) is 0 Å². The molecule has 0 aliphatic heterocycles. The molecule has 2 N–H and O–H groups in total. The van der Waals surface area contributed by atoms with Crippen LogP contribution >= 0.6 is 0 Å². The molecule has 2 aromatic rings. The van der Waals surface area contributed by atoms with E-state index in [1.165, 1.54) is 13.3 Å². The van der Waals surface area contributed by atoms with Crippen LogP contribution in [0.4, 0.5) is 5.69 Å². The molecule has 0 bridgehead atoms. The normalized spacial score (nSPS) is 15.6. The summed E-state index contributed by atoms with van der Waals surface area (Å²) >= 11 is 0. The SMILES string of the molecule is CC(=O)Nn1c(C)cc2cc(NC(=O)C3CCCCC3)ccc21. The zero-order chi connectivity index (χ0) is 16.4. The van der Waals surface area contributed by atoms with Crippen molar-refractivity contribution in [2.75, 3.05) is 10.7 Å². The van der Waals surface area contributed by atoms with E-state index in [1.54, 1.807) is 4.68 Å². The van der Waals surface area contributed by atoms with Gasteiger partial charge < -0.3 is 5.32 Å². The smallest absolute Gasteiger partial charge is 0.235 e. The second-order valence-corrected chi connectivity index (χ2v) is 6.39. The second kappa shape index (κ2) is 6.44. The first kappa shape index (κ1) is 15.6. The molecule has 1 aliphatic rings. The molecule has 0 unspecified atom stereocenters. The lowest BCUT2D eigenvalue weighted by Gasteiger charge is -2.20. The van der Waals surface area contributed by atoms with Crippen LogP contribution in [0.3, 0.4) is 0 Å². The van der Waals surface area contributed by atoms with Crippen molar-refractivity contribution in [3.05, 3.63) is 30.0 Å². The Morgan fingerprint density at radius 2 is 1.87 bits per heavy atom. The molecule has 1 fully saturated rings. The van der Waals surface area contributed by atoms with Crippen molar-refractivity contribution in [3.63, 3.8) is 0 Å². The van der Waals surface area contributed by atoms with Crippen molar-refractivity contribution in [3.8, 4) is 0 Å². The molecule has 0 spiro atoms. The van der Waals surface area contributed by atoms with Gasteiger partial charge in [0.2, 0.25) is 11.8 Å². The van der Waals surface area contributed by atoms with Gasteiger partial charge in [0, 0.05) is 29.6 Å². The Labute approximate surface area is 136 Å². The highest BCUT2D eigenvalue weighted by molar-refractivity contribution is 5.96. The molecule has 5 nitrogen and oxygen atoms in total. The Morgan fingerprint density at radius 3 is 2.57 bits per heavy atom. The topological polar surface area (TPSA) is 63.1 Å². The number of rotatable bonds is 3. The highest BCUT2D eigenvalue weighted by Crippen LogP contribution is 2.26. The van der Waals surface area contributed by atoms with E-state index in [0.29, 0.717) is 0 Å². The molecule has 3 rings (SSSR count). The monoisotopic (exact) mass is 313 g/mol. The predicted molar refractivity (Wildman–Crippen MR) is 91.9 cm³/mol. The molecule has 0 atom stereocenters. The number of hydrogen-bond acceptors (Lipinski definition) is 2. The molecule has 23 heavy (non-hydrogen) atoms. The first-order valence-corrected chi connectivity index (χ1v) is 8.25. The summed E-state index contributed by atoms with van der Waals surface area (Å²) in [6, 6.07) is 7.78. The number of amides is 2. The zero-order valence-corrected chi connectivity index (χ0v) is 13.7. The number of carbonyl (C=O) groups excluding carboxylic acids is 2. The molecule has 122 valence electrons. The third-order valence-corrected chi connectivity index (χ3v) is 4.50. The summed E-state index contributed by atoms with van der Waals surface area (Å²) < 4.78 is 1.77. The summed E-state index contributed by atoms with van der Waals surface area (Å²) in [5, 5.41) is 4.04. The van der Waals surface area contributed by atoms with E-state index in [0.717, 1.165) is 48.0 Å². The van der Waals surface area contributed by atoms with Crippen LogP contribution < -0.4 is 10.7 Å². The van der Waals surface area contributed by atoms with Crippen LogP contribution in [0.5, 0.6) is 0 Å². The number of hydrogen-bond donors (Lipinski definition) is 2. The van der Waals surface area contributed by atoms with Gasteiger partial charge in [0.25, 0.3) is 0 Å². The minimum atomic E-state index is -0.111. The highest BCUT2D eigenvalue weighted by Gasteiger charge is 2.21. The zero-order valence-electron chi connectivity index (χ0n) is 13.7. The molecular formula is C18H23N3O2. The number of aromatic nitrogens is 1. The molecule has 0 radical (unpaired) electrons. The maximum Gasteiger partial charge on any atom is 0.235 e. The number of fused-ring (bicyclic) bond motifs is 1. The quantitative estimate of drug-likeness (QED) is 0.910. The second-order valence-electron chi connectivity index (χ2n) is 6.39. The van der Waals surface area contributed by atoms with Crippen LogP contribution in [0.1, 0.15) is 44.7 Å². The number of aryl methyl sites for hydroxylation is 1. The fourth-order valence-corrected chi connectivity index (χ4v) is 3.35. The average molecular weight is 313 g/mol. The van der Waals surface area contributed by atoms with Crippen molar-refractivity contribution in [1.82, 2.24) is 4.68 Å². The first-order valence-electron chi connectivity index (χ1n) is 8.25. The van der Waals surface area contributed by atoms with Crippen LogP contribution in [0.25, 0.3) is 10.9 Å². The minimum absolute atomic E-state index is 0.111. The van der Waals surface area contributed by atoms with Crippen LogP contribution in [0.2, 0.25) is 0 Å². The fraction of sp³-hybridized carbons (Fsp3) is 0.444. The summed E-state index contributed by atoms with van der Waals surface area (Å²) in [4.78, 5) is 23.7. The number of anilines is 1. The van der Waals surface area contributed by atoms with Crippen LogP contribution in [0, 0.1) is 12.8 Å². The average Bonchev–Trinajstić information content (AvgIpc) is 2.83. The van der Waals surface area contributed by atoms with Crippen LogP contribution in [0.15, 0.2) is 24.3 Å². The van der Waals surface area contributed by atoms with Gasteiger partial charge in [0.15, 0.2) is 0 Å². The largest absolute Gasteiger partial charge is 0.326 e. The fourth-order valence-electron chi connectivity index (χ4n) is 3.35. The van der Waals surface area contributed by atoms with Gasteiger partial charge in [0.05, 0.1) is 5.52 Å². The summed E-state index contributed by atoms with van der Waals surface area (Å²) in [5.41, 5.74) is 5.49. The molecular weight excluding hydrogens is 290 g/mol. The van der Waals surface area contributed by atoms with Gasteiger partial charge in [-0.05, 0) is 44.0 Å². The lowest BCUT2D eigenvalue weighted by molar-refractivity contribution is -0.120. The van der Waals surface area contributed by atoms with E-state index in [2.05, 4.69) is 10.7 Å². The first-order chi connectivity index (χ1) is 11.0. The summed E-state index contributed by atoms with van der Waals surface area (Å²) in [7, 11) is 0. The standard InChI is InChI=1S/C18H23N3O2/c1-12-10-15-11-16(8-9-17(15)21(12)20-13(2)22)19-18(23)14-6-4-3-5-7-14/h8-11,14H,3-7H2,1-2H3,(H,19,23)(H,20,22). The Morgan fingerprint density at radius 1 is 1.13 bits per heavy atom. The molecule has 1 saturated carbocycles. The van der Waals surface area contributed by atoms with E-state index < -0.39 is 0 Å². The van der Waals surface area contributed by atoms with E-state index in [9.17, 15) is 9.59 Å². The Bertz CT molecular complexity index is 742. The lowest BCUT2D eigenvalue weighted by Crippen LogP contribution is -2.24. The summed E-state index contributed by atoms with van der Waals surface area (Å²) in [6.45, 7) is 3.43. The van der Waals surface area contributed by atoms with Crippen molar-refractivity contribution in [2.45, 2.75) is 46.0 Å². The highest BCUT2D eigenvalue weighted by atomic mass is 16.2. The molecule has 1 aliphatic carbocycles. The Balaban J connectivity index is 1.80. The number of carbonyl (C=O) groups is 2. The molecule has 1 aromatic heterocycles. The Kier molecular flexibility index (Phi) is 4.37. The molecule has 0 saturated heterocycles. The number of nitrogens with one attached hydrogen (secondary N) is 2. The predicted octanol–water partition coefficient (Wildman–Crippen LogP) is 3.56. The van der Waals surface area contributed by atoms with Gasteiger partial charge in [-0.2, -0.15) is 0 Å². The van der Waals surface area contributed by atoms with Crippen molar-refractivity contribution < 1.29 is 9.59 Å². The number of benzene rings is 1. The third kappa shape index (κ3) is 3.38. The van der Waals surface area contributed by atoms with Gasteiger partial charge in [-0.15, -0.1) is 0 Å². The van der Waals surface area contributed by atoms with Gasteiger partial charge in [-0.1, -0.05) is 19.3 Å². The van der Waals surface area contributed by atoms with Gasteiger partial charge in [-0.25, -0.2) is 0 Å². The summed E-state index contributed by atoms with van der Waals surface area (Å²) in [5.74, 6) is 0.160. The van der Waals surface area contributed by atoms with E-state index >= 15 is 0 Å². The minimum Gasteiger partial charge on any atom is -0.326 e. The van der Waals surface area contributed by atoms with Crippen LogP contribution in [-0.4, -0.2) is 16.5 Å². The van der Waals surface area contributed by atoms with Crippen molar-refractivity contribution >= 4 is 28.4 Å². The Hall–Kier alpha value is -2.30. The van der Waals surface area contributed by atoms with E-state index in [-0.39, 0.29) is 17.7 Å². The molecule has 2 amide bonds.